The summed E-state index contributed by atoms with van der Waals surface area (Å²) < 4.78 is 5.49. The number of carbonyl (C=O) groups is 2. The molecule has 0 rings (SSSR count). The van der Waals surface area contributed by atoms with Crippen molar-refractivity contribution in [3.63, 3.8) is 0 Å². The Morgan fingerprint density at radius 1 is 0.358 bits per heavy atom. The van der Waals surface area contributed by atoms with Gasteiger partial charge < -0.3 is 20.3 Å². The summed E-state index contributed by atoms with van der Waals surface area (Å²) in [5, 5.41) is 23.3. The highest BCUT2D eigenvalue weighted by Crippen LogP contribution is 2.18. The second-order valence-corrected chi connectivity index (χ2v) is 21.4. The second-order valence-electron chi connectivity index (χ2n) is 21.4. The highest BCUT2D eigenvalue weighted by molar-refractivity contribution is 5.76. The van der Waals surface area contributed by atoms with Crippen molar-refractivity contribution < 1.29 is 24.5 Å². The molecule has 2 atom stereocenters. The van der Waals surface area contributed by atoms with E-state index in [4.69, 9.17) is 4.74 Å². The number of aliphatic hydroxyl groups excluding tert-OH is 2. The maximum atomic E-state index is 12.5. The number of unbranched alkanes of at least 4 members (excludes halogenated alkanes) is 47. The summed E-state index contributed by atoms with van der Waals surface area (Å²) in [4.78, 5) is 24.6. The number of rotatable bonds is 58. The van der Waals surface area contributed by atoms with Crippen molar-refractivity contribution in [1.82, 2.24) is 5.32 Å². The molecule has 0 spiro atoms. The van der Waals surface area contributed by atoms with Crippen LogP contribution >= 0.6 is 0 Å². The Kier molecular flexibility index (Phi) is 56.5. The predicted molar refractivity (Wildman–Crippen MR) is 292 cm³/mol. The first-order valence-corrected chi connectivity index (χ1v) is 30.8. The molecule has 6 nitrogen and oxygen atoms in total. The summed E-state index contributed by atoms with van der Waals surface area (Å²) >= 11 is 0. The zero-order valence-electron chi connectivity index (χ0n) is 45.7. The zero-order chi connectivity index (χ0) is 48.6. The average Bonchev–Trinajstić information content (AvgIpc) is 3.33. The molecule has 0 saturated carbocycles. The number of aliphatic hydroxyl groups is 2. The van der Waals surface area contributed by atoms with E-state index >= 15 is 0 Å². The molecular formula is C61H121NO5. The van der Waals surface area contributed by atoms with Gasteiger partial charge in [0.25, 0.3) is 0 Å². The monoisotopic (exact) mass is 948 g/mol. The first kappa shape index (κ1) is 65.9. The van der Waals surface area contributed by atoms with E-state index < -0.39 is 12.1 Å². The standard InChI is InChI=1S/C61H121NO5/c1-3-5-7-9-11-13-15-17-19-22-27-31-35-39-43-47-51-55-61(66)67-56-52-48-44-40-36-32-28-24-21-23-26-30-34-38-42-46-50-54-60(65)62-58(57-63)59(64)53-49-45-41-37-33-29-25-20-18-16-14-12-10-8-6-4-2/h58-59,63-64H,3-57H2,1-2H3,(H,62,65). The van der Waals surface area contributed by atoms with E-state index in [0.29, 0.717) is 25.9 Å². The third-order valence-electron chi connectivity index (χ3n) is 14.7. The van der Waals surface area contributed by atoms with E-state index in [9.17, 15) is 19.8 Å². The van der Waals surface area contributed by atoms with Crippen molar-refractivity contribution in [2.24, 2.45) is 0 Å². The minimum absolute atomic E-state index is 0.0105. The lowest BCUT2D eigenvalue weighted by Crippen LogP contribution is -2.45. The number of hydrogen-bond acceptors (Lipinski definition) is 5. The molecule has 0 fully saturated rings. The molecule has 0 aliphatic rings. The van der Waals surface area contributed by atoms with E-state index in [1.165, 1.54) is 283 Å². The van der Waals surface area contributed by atoms with Gasteiger partial charge in [-0.05, 0) is 25.7 Å². The smallest absolute Gasteiger partial charge is 0.305 e. The maximum Gasteiger partial charge on any atom is 0.305 e. The first-order chi connectivity index (χ1) is 33.0. The predicted octanol–water partition coefficient (Wildman–Crippen LogP) is 19.1. The summed E-state index contributed by atoms with van der Waals surface area (Å²) in [6.07, 6.45) is 66.7. The van der Waals surface area contributed by atoms with Crippen LogP contribution in [0, 0.1) is 0 Å². The molecule has 6 heteroatoms. The number of esters is 1. The summed E-state index contributed by atoms with van der Waals surface area (Å²) in [5.41, 5.74) is 0. The maximum absolute atomic E-state index is 12.5. The highest BCUT2D eigenvalue weighted by atomic mass is 16.5. The molecule has 0 heterocycles. The van der Waals surface area contributed by atoms with Gasteiger partial charge in [0, 0.05) is 12.8 Å². The number of carbonyl (C=O) groups excluding carboxylic acids is 2. The molecule has 3 N–H and O–H groups in total. The van der Waals surface area contributed by atoms with E-state index in [-0.39, 0.29) is 18.5 Å². The molecule has 67 heavy (non-hydrogen) atoms. The molecule has 0 aliphatic carbocycles. The van der Waals surface area contributed by atoms with Gasteiger partial charge in [-0.15, -0.1) is 0 Å². The third-order valence-corrected chi connectivity index (χ3v) is 14.7. The Hall–Kier alpha value is -1.14. The zero-order valence-corrected chi connectivity index (χ0v) is 45.7. The van der Waals surface area contributed by atoms with Crippen LogP contribution in [-0.4, -0.2) is 47.4 Å². The average molecular weight is 949 g/mol. The Morgan fingerprint density at radius 3 is 0.910 bits per heavy atom. The van der Waals surface area contributed by atoms with Crippen LogP contribution in [0.1, 0.15) is 354 Å². The van der Waals surface area contributed by atoms with Gasteiger partial charge in [-0.3, -0.25) is 9.59 Å². The molecule has 0 saturated heterocycles. The van der Waals surface area contributed by atoms with Crippen LogP contribution < -0.4 is 5.32 Å². The molecule has 0 aromatic carbocycles. The van der Waals surface area contributed by atoms with Crippen LogP contribution in [0.25, 0.3) is 0 Å². The Bertz CT molecular complexity index is 959. The minimum atomic E-state index is -0.666. The van der Waals surface area contributed by atoms with Crippen LogP contribution in [0.3, 0.4) is 0 Å². The van der Waals surface area contributed by atoms with E-state index in [1.54, 1.807) is 0 Å². The Morgan fingerprint density at radius 2 is 0.612 bits per heavy atom. The topological polar surface area (TPSA) is 95.9 Å². The largest absolute Gasteiger partial charge is 0.466 e. The van der Waals surface area contributed by atoms with Gasteiger partial charge in [0.2, 0.25) is 5.91 Å². The summed E-state index contributed by atoms with van der Waals surface area (Å²) in [6, 6.07) is -0.544. The molecule has 0 aromatic heterocycles. The van der Waals surface area contributed by atoms with Crippen LogP contribution in [0.15, 0.2) is 0 Å². The van der Waals surface area contributed by atoms with Gasteiger partial charge in [0.15, 0.2) is 0 Å². The molecular weight excluding hydrogens is 827 g/mol. The number of nitrogens with one attached hydrogen (secondary N) is 1. The van der Waals surface area contributed by atoms with Gasteiger partial charge in [0.05, 0.1) is 25.4 Å². The fraction of sp³-hybridized carbons (Fsp3) is 0.967. The quantitative estimate of drug-likeness (QED) is 0.0417. The van der Waals surface area contributed by atoms with Gasteiger partial charge in [-0.2, -0.15) is 0 Å². The van der Waals surface area contributed by atoms with Crippen LogP contribution in [0.2, 0.25) is 0 Å². The second kappa shape index (κ2) is 57.4. The van der Waals surface area contributed by atoms with E-state index in [2.05, 4.69) is 19.2 Å². The lowest BCUT2D eigenvalue weighted by molar-refractivity contribution is -0.143. The van der Waals surface area contributed by atoms with Crippen molar-refractivity contribution in [1.29, 1.82) is 0 Å². The van der Waals surface area contributed by atoms with Gasteiger partial charge in [-0.25, -0.2) is 0 Å². The Labute approximate surface area is 419 Å². The van der Waals surface area contributed by atoms with Crippen molar-refractivity contribution in [3.8, 4) is 0 Å². The fourth-order valence-electron chi connectivity index (χ4n) is 9.94. The van der Waals surface area contributed by atoms with Crippen LogP contribution in [0.5, 0.6) is 0 Å². The normalized spacial score (nSPS) is 12.5. The van der Waals surface area contributed by atoms with E-state index in [1.807, 2.05) is 0 Å². The van der Waals surface area contributed by atoms with Crippen LogP contribution in [-0.2, 0) is 14.3 Å². The minimum Gasteiger partial charge on any atom is -0.466 e. The first-order valence-electron chi connectivity index (χ1n) is 30.8. The summed E-state index contributed by atoms with van der Waals surface area (Å²) in [5.74, 6) is -0.0262. The molecule has 0 bridgehead atoms. The molecule has 1 amide bonds. The summed E-state index contributed by atoms with van der Waals surface area (Å²) in [6.45, 7) is 4.98. The van der Waals surface area contributed by atoms with Crippen molar-refractivity contribution in [2.45, 2.75) is 366 Å². The lowest BCUT2D eigenvalue weighted by Gasteiger charge is -2.22. The molecule has 2 unspecified atom stereocenters. The molecule has 400 valence electrons. The van der Waals surface area contributed by atoms with Crippen LogP contribution in [0.4, 0.5) is 0 Å². The van der Waals surface area contributed by atoms with Gasteiger partial charge in [-0.1, -0.05) is 316 Å². The Balaban J connectivity index is 3.38. The molecule has 0 aromatic rings. The lowest BCUT2D eigenvalue weighted by atomic mass is 10.0. The molecule has 0 radical (unpaired) electrons. The number of amides is 1. The van der Waals surface area contributed by atoms with Crippen molar-refractivity contribution >= 4 is 11.9 Å². The summed E-state index contributed by atoms with van der Waals surface area (Å²) in [7, 11) is 0. The third kappa shape index (κ3) is 54.0. The van der Waals surface area contributed by atoms with Crippen molar-refractivity contribution in [3.05, 3.63) is 0 Å². The van der Waals surface area contributed by atoms with Gasteiger partial charge in [0.1, 0.15) is 0 Å². The SMILES string of the molecule is CCCCCCCCCCCCCCCCCCCC(=O)OCCCCCCCCCCCCCCCCCCCC(=O)NC(CO)C(O)CCCCCCCCCCCCCCCCCC. The fourth-order valence-corrected chi connectivity index (χ4v) is 9.94. The number of ether oxygens (including phenoxy) is 1. The van der Waals surface area contributed by atoms with Crippen molar-refractivity contribution in [2.75, 3.05) is 13.2 Å². The highest BCUT2D eigenvalue weighted by Gasteiger charge is 2.20. The van der Waals surface area contributed by atoms with Gasteiger partial charge >= 0.3 is 5.97 Å². The number of hydrogen-bond donors (Lipinski definition) is 3. The molecule has 0 aliphatic heterocycles. The van der Waals surface area contributed by atoms with E-state index in [0.717, 1.165) is 38.5 Å².